The molecule has 0 aliphatic carbocycles. The third-order valence-corrected chi connectivity index (χ3v) is 7.25. The van der Waals surface area contributed by atoms with Crippen molar-refractivity contribution in [3.63, 3.8) is 0 Å². The standard InChI is InChI=1S/C33H64O2/c1-3-5-7-9-10-11-12-13-14-15-16-17-18-19-20-21-22-23-24-25-26-27-29-31-33(34)35-32-30-28-8-6-4-2/h4,6H,3,5,7-32H2,1-2H3/b6-4+. The third-order valence-electron chi connectivity index (χ3n) is 7.25. The molecule has 0 aromatic carbocycles. The van der Waals surface area contributed by atoms with E-state index in [0.717, 1.165) is 25.7 Å². The van der Waals surface area contributed by atoms with Crippen LogP contribution in [-0.4, -0.2) is 12.6 Å². The summed E-state index contributed by atoms with van der Waals surface area (Å²) in [6.45, 7) is 4.93. The van der Waals surface area contributed by atoms with Crippen LogP contribution in [0.15, 0.2) is 12.2 Å². The average molecular weight is 493 g/mol. The van der Waals surface area contributed by atoms with Gasteiger partial charge in [0.15, 0.2) is 0 Å². The van der Waals surface area contributed by atoms with E-state index in [1.54, 1.807) is 0 Å². The fraction of sp³-hybridized carbons (Fsp3) is 0.909. The number of esters is 1. The molecule has 0 saturated heterocycles. The first-order chi connectivity index (χ1) is 17.3. The first-order valence-electron chi connectivity index (χ1n) is 16.1. The molecule has 0 unspecified atom stereocenters. The second-order valence-corrected chi connectivity index (χ2v) is 10.8. The van der Waals surface area contributed by atoms with Crippen LogP contribution in [0.3, 0.4) is 0 Å². The first kappa shape index (κ1) is 34.2. The topological polar surface area (TPSA) is 26.3 Å². The third kappa shape index (κ3) is 31.2. The monoisotopic (exact) mass is 492 g/mol. The van der Waals surface area contributed by atoms with Crippen LogP contribution >= 0.6 is 0 Å². The maximum absolute atomic E-state index is 11.7. The molecule has 2 heteroatoms. The van der Waals surface area contributed by atoms with Crippen LogP contribution in [0.1, 0.15) is 187 Å². The molecule has 0 bridgehead atoms. The van der Waals surface area contributed by atoms with Gasteiger partial charge in [0.1, 0.15) is 0 Å². The van der Waals surface area contributed by atoms with E-state index >= 15 is 0 Å². The highest BCUT2D eigenvalue weighted by molar-refractivity contribution is 5.69. The second kappa shape index (κ2) is 31.2. The van der Waals surface area contributed by atoms with Crippen LogP contribution in [0.25, 0.3) is 0 Å². The van der Waals surface area contributed by atoms with E-state index in [9.17, 15) is 4.79 Å². The molecule has 0 fully saturated rings. The number of hydrogen-bond donors (Lipinski definition) is 0. The molecule has 0 rings (SSSR count). The van der Waals surface area contributed by atoms with Crippen molar-refractivity contribution in [3.8, 4) is 0 Å². The van der Waals surface area contributed by atoms with E-state index in [4.69, 9.17) is 4.74 Å². The Balaban J connectivity index is 3.10. The summed E-state index contributed by atoms with van der Waals surface area (Å²) in [6, 6.07) is 0. The number of carbonyl (C=O) groups excluding carboxylic acids is 1. The van der Waals surface area contributed by atoms with Crippen LogP contribution in [0.2, 0.25) is 0 Å². The predicted molar refractivity (Wildman–Crippen MR) is 156 cm³/mol. The van der Waals surface area contributed by atoms with Crippen LogP contribution in [0.4, 0.5) is 0 Å². The predicted octanol–water partition coefficient (Wildman–Crippen LogP) is 11.7. The Morgan fingerprint density at radius 2 is 0.886 bits per heavy atom. The maximum atomic E-state index is 11.7. The molecule has 0 saturated carbocycles. The zero-order valence-corrected chi connectivity index (χ0v) is 24.3. The van der Waals surface area contributed by atoms with Crippen molar-refractivity contribution in [1.29, 1.82) is 0 Å². The van der Waals surface area contributed by atoms with Gasteiger partial charge < -0.3 is 4.74 Å². The fourth-order valence-corrected chi connectivity index (χ4v) is 4.84. The van der Waals surface area contributed by atoms with E-state index in [0.29, 0.717) is 13.0 Å². The number of carbonyl (C=O) groups is 1. The Labute approximate surface area is 221 Å². The Morgan fingerprint density at radius 1 is 0.514 bits per heavy atom. The van der Waals surface area contributed by atoms with Gasteiger partial charge in [0.25, 0.3) is 0 Å². The number of hydrogen-bond acceptors (Lipinski definition) is 2. The SMILES string of the molecule is C/C=C/CCCCOC(=O)CCCCCCCCCCCCCCCCCCCCCCCCC. The molecule has 0 heterocycles. The molecule has 35 heavy (non-hydrogen) atoms. The molecule has 0 aromatic rings. The Bertz CT molecular complexity index is 429. The van der Waals surface area contributed by atoms with Crippen molar-refractivity contribution < 1.29 is 9.53 Å². The molecular weight excluding hydrogens is 428 g/mol. The van der Waals surface area contributed by atoms with E-state index in [1.807, 2.05) is 6.92 Å². The zero-order valence-electron chi connectivity index (χ0n) is 24.3. The van der Waals surface area contributed by atoms with E-state index in [-0.39, 0.29) is 5.97 Å². The van der Waals surface area contributed by atoms with Gasteiger partial charge in [-0.2, -0.15) is 0 Å². The van der Waals surface area contributed by atoms with E-state index in [2.05, 4.69) is 19.1 Å². The molecule has 0 radical (unpaired) electrons. The molecule has 208 valence electrons. The van der Waals surface area contributed by atoms with Gasteiger partial charge in [0.05, 0.1) is 6.61 Å². The van der Waals surface area contributed by atoms with E-state index < -0.39 is 0 Å². The first-order valence-corrected chi connectivity index (χ1v) is 16.1. The van der Waals surface area contributed by atoms with Crippen LogP contribution in [-0.2, 0) is 9.53 Å². The smallest absolute Gasteiger partial charge is 0.305 e. The summed E-state index contributed by atoms with van der Waals surface area (Å²) in [7, 11) is 0. The normalized spacial score (nSPS) is 11.5. The Morgan fingerprint density at radius 3 is 1.26 bits per heavy atom. The van der Waals surface area contributed by atoms with Gasteiger partial charge >= 0.3 is 5.97 Å². The molecule has 0 aromatic heterocycles. The average Bonchev–Trinajstić information content (AvgIpc) is 2.86. The van der Waals surface area contributed by atoms with Crippen molar-refractivity contribution in [3.05, 3.63) is 12.2 Å². The number of rotatable bonds is 29. The van der Waals surface area contributed by atoms with E-state index in [1.165, 1.54) is 141 Å². The number of unbranched alkanes of at least 4 members (excludes halogenated alkanes) is 24. The highest BCUT2D eigenvalue weighted by Crippen LogP contribution is 2.15. The molecule has 0 spiro atoms. The zero-order chi connectivity index (χ0) is 25.5. The quantitative estimate of drug-likeness (QED) is 0.0589. The summed E-state index contributed by atoms with van der Waals surface area (Å²) in [4.78, 5) is 11.7. The van der Waals surface area contributed by atoms with Crippen molar-refractivity contribution >= 4 is 5.97 Å². The fourth-order valence-electron chi connectivity index (χ4n) is 4.84. The summed E-state index contributed by atoms with van der Waals surface area (Å²) in [6.07, 6.45) is 40.2. The lowest BCUT2D eigenvalue weighted by atomic mass is 10.0. The molecule has 0 amide bonds. The van der Waals surface area contributed by atoms with Gasteiger partial charge in [-0.3, -0.25) is 4.79 Å². The van der Waals surface area contributed by atoms with Gasteiger partial charge in [-0.1, -0.05) is 160 Å². The molecular formula is C33H64O2. The summed E-state index contributed by atoms with van der Waals surface area (Å²) in [5.74, 6) is -0.000434. The molecule has 0 aliphatic rings. The minimum Gasteiger partial charge on any atom is -0.466 e. The number of allylic oxidation sites excluding steroid dienone is 2. The Kier molecular flexibility index (Phi) is 30.5. The van der Waals surface area contributed by atoms with Crippen LogP contribution in [0, 0.1) is 0 Å². The molecule has 2 nitrogen and oxygen atoms in total. The van der Waals surface area contributed by atoms with Crippen molar-refractivity contribution in [2.45, 2.75) is 187 Å². The van der Waals surface area contributed by atoms with Crippen LogP contribution in [0.5, 0.6) is 0 Å². The molecule has 0 atom stereocenters. The van der Waals surface area contributed by atoms with Gasteiger partial charge in [-0.15, -0.1) is 0 Å². The second-order valence-electron chi connectivity index (χ2n) is 10.8. The van der Waals surface area contributed by atoms with Crippen LogP contribution < -0.4 is 0 Å². The van der Waals surface area contributed by atoms with Gasteiger partial charge in [-0.05, 0) is 32.6 Å². The largest absolute Gasteiger partial charge is 0.466 e. The highest BCUT2D eigenvalue weighted by atomic mass is 16.5. The van der Waals surface area contributed by atoms with Gasteiger partial charge in [0.2, 0.25) is 0 Å². The van der Waals surface area contributed by atoms with Crippen molar-refractivity contribution in [1.82, 2.24) is 0 Å². The summed E-state index contributed by atoms with van der Waals surface area (Å²) in [5.41, 5.74) is 0. The minimum absolute atomic E-state index is 0.000434. The Hall–Kier alpha value is -0.790. The van der Waals surface area contributed by atoms with Crippen molar-refractivity contribution in [2.75, 3.05) is 6.61 Å². The summed E-state index contributed by atoms with van der Waals surface area (Å²) in [5, 5.41) is 0. The van der Waals surface area contributed by atoms with Gasteiger partial charge in [-0.25, -0.2) is 0 Å². The maximum Gasteiger partial charge on any atom is 0.305 e. The summed E-state index contributed by atoms with van der Waals surface area (Å²) >= 11 is 0. The lowest BCUT2D eigenvalue weighted by molar-refractivity contribution is -0.143. The molecule has 0 aliphatic heterocycles. The highest BCUT2D eigenvalue weighted by Gasteiger charge is 2.02. The lowest BCUT2D eigenvalue weighted by Crippen LogP contribution is -2.05. The molecule has 0 N–H and O–H groups in total. The summed E-state index contributed by atoms with van der Waals surface area (Å²) < 4.78 is 5.31. The van der Waals surface area contributed by atoms with Crippen molar-refractivity contribution in [2.24, 2.45) is 0 Å². The number of ether oxygens (including phenoxy) is 1. The minimum atomic E-state index is -0.000434. The van der Waals surface area contributed by atoms with Gasteiger partial charge in [0, 0.05) is 6.42 Å². The lowest BCUT2D eigenvalue weighted by Gasteiger charge is -2.05.